The summed E-state index contributed by atoms with van der Waals surface area (Å²) in [6.45, 7) is 9.50. The third kappa shape index (κ3) is 26.0. The maximum Gasteiger partial charge on any atom is 0.309 e. The fourth-order valence-corrected chi connectivity index (χ4v) is 16.5. The van der Waals surface area contributed by atoms with Crippen molar-refractivity contribution in [2.75, 3.05) is 13.2 Å². The van der Waals surface area contributed by atoms with Gasteiger partial charge in [-0.3, -0.25) is 71.3 Å². The van der Waals surface area contributed by atoms with Crippen LogP contribution in [0.5, 0.6) is 0 Å². The Hall–Kier alpha value is -0.987. The van der Waals surface area contributed by atoms with E-state index in [4.69, 9.17) is 52.5 Å². The summed E-state index contributed by atoms with van der Waals surface area (Å²) in [4.78, 5) is 146. The first-order valence-corrected chi connectivity index (χ1v) is 35.8. The number of ketones is 2. The SMILES string of the molecule is CC(=O)C1C2CCC(O2)C1[C-]=O.CC(=O)C1C2CCC(O2)C1[C-]=O.CC(Cc1ccc(COC(=O)C2C3CCC(O3)C2[C-]=O)cc1)C(=O)O.CC/C=C/C/C=C/COC(=O)C1C2CCC(O2)C1[C-]=O.CCOC(=O)C1C2CCC(O2)C1[C-]=O.O=[C-]C1C2CCC(O2)C1C(=O)OCc1ccccc1.[Y].[Y].[Y].[Y].[Y].[Y]. The number of Topliss-reactive ketones (excluding diaryl/α,β-unsaturated/α-hetero) is 2. The minimum absolute atomic E-state index is 0. The van der Waals surface area contributed by atoms with Crippen molar-refractivity contribution in [2.24, 2.45) is 76.9 Å². The number of carbonyl (C=O) groups is 7. The van der Waals surface area contributed by atoms with Crippen LogP contribution in [0.25, 0.3) is 0 Å². The molecule has 2 aromatic carbocycles. The molecule has 0 amide bonds. The van der Waals surface area contributed by atoms with Gasteiger partial charge in [0.15, 0.2) is 0 Å². The molecule has 6 radical (unpaired) electrons. The molecular weight excluding hydrogens is 1850 g/mol. The van der Waals surface area contributed by atoms with Crippen LogP contribution in [0.15, 0.2) is 78.9 Å². The fourth-order valence-electron chi connectivity index (χ4n) is 16.5. The summed E-state index contributed by atoms with van der Waals surface area (Å²) in [5, 5.41) is 8.94. The zero-order chi connectivity index (χ0) is 73.1. The van der Waals surface area contributed by atoms with Gasteiger partial charge in [-0.05, 0) is 134 Å². The molecule has 0 saturated carbocycles. The average Bonchev–Trinajstić information content (AvgIpc) is 1.66. The van der Waals surface area contributed by atoms with Crippen LogP contribution < -0.4 is 0 Å². The second-order valence-corrected chi connectivity index (χ2v) is 27.9. The molecule has 12 aliphatic rings. The van der Waals surface area contributed by atoms with E-state index in [1.165, 1.54) is 13.8 Å². The number of rotatable bonds is 25. The fraction of sp³-hybridized carbons (Fsp3) is 0.628. The van der Waals surface area contributed by atoms with Crippen LogP contribution in [0.1, 0.15) is 141 Å². The van der Waals surface area contributed by atoms with Crippen LogP contribution in [-0.4, -0.2) is 171 Å². The van der Waals surface area contributed by atoms with E-state index in [-0.39, 0.29) is 342 Å². The largest absolute Gasteiger partial charge is 0.541 e. The molecule has 30 heteroatoms. The van der Waals surface area contributed by atoms with Gasteiger partial charge in [-0.15, -0.1) is 11.8 Å². The van der Waals surface area contributed by atoms with Crippen molar-refractivity contribution in [3.63, 3.8) is 0 Å². The maximum absolute atomic E-state index is 12.3. The topological polar surface area (TPSA) is 334 Å². The van der Waals surface area contributed by atoms with Crippen molar-refractivity contribution >= 4 is 79.1 Å². The van der Waals surface area contributed by atoms with E-state index in [1.54, 1.807) is 13.8 Å². The van der Waals surface area contributed by atoms with Crippen molar-refractivity contribution in [1.29, 1.82) is 0 Å². The van der Waals surface area contributed by atoms with E-state index in [0.717, 1.165) is 107 Å². The summed E-state index contributed by atoms with van der Waals surface area (Å²) in [5.74, 6) is -7.26. The van der Waals surface area contributed by atoms with Gasteiger partial charge < -0.3 is 81.2 Å². The molecule has 2 aromatic rings. The Kier molecular flexibility index (Phi) is 47.4. The smallest absolute Gasteiger partial charge is 0.309 e. The third-order valence-corrected chi connectivity index (χ3v) is 21.5. The average molecular weight is 1950 g/mol. The number of carbonyl (C=O) groups excluding carboxylic acids is 12. The Balaban J connectivity index is 0.000000338. The van der Waals surface area contributed by atoms with Crippen molar-refractivity contribution in [3.05, 3.63) is 95.6 Å². The van der Waals surface area contributed by atoms with E-state index in [9.17, 15) is 62.3 Å². The van der Waals surface area contributed by atoms with Crippen molar-refractivity contribution in [1.82, 2.24) is 0 Å². The molecule has 12 bridgehead atoms. The Morgan fingerprint density at radius 3 is 0.963 bits per heavy atom. The van der Waals surface area contributed by atoms with E-state index in [0.29, 0.717) is 13.0 Å². The number of aliphatic carboxylic acids is 1. The zero-order valence-electron chi connectivity index (χ0n) is 61.7. The van der Waals surface area contributed by atoms with Gasteiger partial charge in [-0.2, -0.15) is 0 Å². The molecule has 12 saturated heterocycles. The summed E-state index contributed by atoms with van der Waals surface area (Å²) in [6.07, 6.45) is 30.9. The first-order valence-electron chi connectivity index (χ1n) is 35.8. The number of benzene rings is 2. The second kappa shape index (κ2) is 50.6. The number of hydrogen-bond donors (Lipinski definition) is 1. The molecule has 0 aromatic heterocycles. The normalized spacial score (nSPS) is 33.3. The number of fused-ring (bicyclic) bond motifs is 12. The third-order valence-electron chi connectivity index (χ3n) is 21.5. The monoisotopic (exact) mass is 1950 g/mol. The Morgan fingerprint density at radius 1 is 0.389 bits per heavy atom. The molecule has 24 nitrogen and oxygen atoms in total. The van der Waals surface area contributed by atoms with E-state index < -0.39 is 65.2 Å². The minimum Gasteiger partial charge on any atom is -0.541 e. The van der Waals surface area contributed by atoms with Crippen LogP contribution in [0.4, 0.5) is 0 Å². The molecule has 25 atom stereocenters. The van der Waals surface area contributed by atoms with Crippen molar-refractivity contribution in [2.45, 2.75) is 217 Å². The molecule has 14 rings (SSSR count). The van der Waals surface area contributed by atoms with Crippen LogP contribution >= 0.6 is 0 Å². The molecule has 25 unspecified atom stereocenters. The van der Waals surface area contributed by atoms with Crippen LogP contribution in [0, 0.1) is 76.9 Å². The molecule has 12 aliphatic heterocycles. The summed E-state index contributed by atoms with van der Waals surface area (Å²) in [6, 6.07) is 16.8. The molecule has 1 N–H and O–H groups in total. The summed E-state index contributed by atoms with van der Waals surface area (Å²) >= 11 is 0. The number of ether oxygens (including phenoxy) is 10. The molecule has 572 valence electrons. The minimum atomic E-state index is -0.826. The second-order valence-electron chi connectivity index (χ2n) is 27.9. The molecule has 12 fully saturated rings. The number of esters is 4. The van der Waals surface area contributed by atoms with Gasteiger partial charge in [0.25, 0.3) is 0 Å². The Labute approximate surface area is 782 Å². The Morgan fingerprint density at radius 2 is 0.667 bits per heavy atom. The number of carboxylic acids is 1. The summed E-state index contributed by atoms with van der Waals surface area (Å²) < 4.78 is 54.0. The first-order chi connectivity index (χ1) is 49.3. The van der Waals surface area contributed by atoms with Crippen molar-refractivity contribution < 1.29 is 311 Å². The van der Waals surface area contributed by atoms with Gasteiger partial charge in [0.05, 0.1) is 72.8 Å². The van der Waals surface area contributed by atoms with Crippen LogP contribution in [0.3, 0.4) is 0 Å². The number of hydrogen-bond acceptors (Lipinski definition) is 23. The standard InChI is InChI=1S/C19H21O6.C16H21O4.C15H15O4.C10H13O4.2C9H11O3.6Y/c1-11(18(21)22)8-12-2-4-13(5-3-12)10-24-19(23)17-14(9-20)15-6-7-16(17)25-15;1-2-3-4-5-6-7-10-19-16(18)15-12(11-17)13-8-9-14(15)20-13;16-8-11-12-6-7-13(19-12)14(11)15(17)18-9-10-4-2-1-3-5-10;1-2-13-10(12)9-6(5-11)7-3-4-8(9)14-7;2*1-5(11)9-6(4-10)7-2-3-8(9)12-7;;;;;;/h2-5,11,14-17H,6-8,10H2,1H3,(H,21,22);3-4,6-7,12-15H,2,5,8-10H2,1H3;1-5,11-14H,6-7,9H2;6-9H,2-4H2,1H3;2*6-9H,2-3H2,1H3;;;;;;/q6*-1;;;;;;/b;4-3+,7-6+;;;;;;;;;;. The van der Waals surface area contributed by atoms with Crippen molar-refractivity contribution in [3.8, 4) is 0 Å². The van der Waals surface area contributed by atoms with E-state index >= 15 is 0 Å². The van der Waals surface area contributed by atoms with Gasteiger partial charge in [0.2, 0.25) is 0 Å². The molecule has 12 heterocycles. The van der Waals surface area contributed by atoms with Crippen LogP contribution in [0.2, 0.25) is 0 Å². The molecule has 0 aliphatic carbocycles. The number of allylic oxidation sites excluding steroid dienone is 3. The Bertz CT molecular complexity index is 3280. The van der Waals surface area contributed by atoms with E-state index in [2.05, 4.69) is 19.1 Å². The molecular formula is C78H92O24Y6-6. The predicted molar refractivity (Wildman–Crippen MR) is 359 cm³/mol. The van der Waals surface area contributed by atoms with Crippen LogP contribution in [-0.2, 0) is 326 Å². The van der Waals surface area contributed by atoms with Gasteiger partial charge in [0, 0.05) is 245 Å². The van der Waals surface area contributed by atoms with E-state index in [1.807, 2.05) is 104 Å². The summed E-state index contributed by atoms with van der Waals surface area (Å²) in [7, 11) is 0. The quantitative estimate of drug-likeness (QED) is 0.0442. The van der Waals surface area contributed by atoms with Gasteiger partial charge in [-0.1, -0.05) is 116 Å². The van der Waals surface area contributed by atoms with Gasteiger partial charge >= 0.3 is 29.8 Å². The zero-order valence-corrected chi connectivity index (χ0v) is 78.7. The van der Waals surface area contributed by atoms with Gasteiger partial charge in [0.1, 0.15) is 31.4 Å². The molecule has 108 heavy (non-hydrogen) atoms. The van der Waals surface area contributed by atoms with Gasteiger partial charge in [-0.25, -0.2) is 0 Å². The molecule has 0 spiro atoms. The number of carboxylic acid groups (broad SMARTS) is 1. The summed E-state index contributed by atoms with van der Waals surface area (Å²) in [5.41, 5.74) is 2.67. The first kappa shape index (κ1) is 101. The maximum atomic E-state index is 12.3. The predicted octanol–water partition coefficient (Wildman–Crippen LogP) is 7.27.